The van der Waals surface area contributed by atoms with Crippen molar-refractivity contribution in [1.29, 1.82) is 0 Å². The Labute approximate surface area is 116 Å². The van der Waals surface area contributed by atoms with Crippen molar-refractivity contribution in [2.75, 3.05) is 13.1 Å². The van der Waals surface area contributed by atoms with Crippen molar-refractivity contribution in [3.63, 3.8) is 0 Å². The minimum absolute atomic E-state index is 0.0432. The highest BCUT2D eigenvalue weighted by Gasteiger charge is 2.33. The number of rotatable bonds is 3. The van der Waals surface area contributed by atoms with Crippen LogP contribution in [0.15, 0.2) is 24.3 Å². The fraction of sp³-hybridized carbons (Fsp3) is 0.357. The molecule has 1 saturated heterocycles. The van der Waals surface area contributed by atoms with Crippen LogP contribution < -0.4 is 5.32 Å². The Bertz CT molecular complexity index is 556. The molecule has 0 saturated carbocycles. The van der Waals surface area contributed by atoms with Crippen molar-refractivity contribution in [3.8, 4) is 0 Å². The van der Waals surface area contributed by atoms with E-state index in [-0.39, 0.29) is 17.0 Å². The van der Waals surface area contributed by atoms with E-state index in [2.05, 4.69) is 5.32 Å². The standard InChI is InChI=1S/C14H16N2O4/c1-2-11-12(17)15-7-8-16(11)13(18)9-5-3-4-6-10(9)14(19)20/h3-6,11H,2,7-8H2,1H3,(H,15,17)(H,19,20). The smallest absolute Gasteiger partial charge is 0.336 e. The van der Waals surface area contributed by atoms with Gasteiger partial charge in [-0.05, 0) is 18.6 Å². The Morgan fingerprint density at radius 3 is 2.60 bits per heavy atom. The van der Waals surface area contributed by atoms with Crippen LogP contribution in [0.4, 0.5) is 0 Å². The summed E-state index contributed by atoms with van der Waals surface area (Å²) < 4.78 is 0. The van der Waals surface area contributed by atoms with E-state index in [1.807, 2.05) is 6.92 Å². The first-order chi connectivity index (χ1) is 9.56. The zero-order valence-corrected chi connectivity index (χ0v) is 11.1. The van der Waals surface area contributed by atoms with Crippen molar-refractivity contribution in [3.05, 3.63) is 35.4 Å². The van der Waals surface area contributed by atoms with E-state index in [4.69, 9.17) is 5.11 Å². The highest BCUT2D eigenvalue weighted by atomic mass is 16.4. The van der Waals surface area contributed by atoms with Crippen LogP contribution in [0.3, 0.4) is 0 Å². The molecule has 106 valence electrons. The largest absolute Gasteiger partial charge is 0.478 e. The second-order valence-corrected chi connectivity index (χ2v) is 4.56. The van der Waals surface area contributed by atoms with Crippen LogP contribution in [-0.4, -0.2) is 46.9 Å². The van der Waals surface area contributed by atoms with Crippen LogP contribution in [0.25, 0.3) is 0 Å². The molecule has 0 aromatic heterocycles. The molecule has 0 radical (unpaired) electrons. The zero-order chi connectivity index (χ0) is 14.7. The minimum atomic E-state index is -1.15. The predicted molar refractivity (Wildman–Crippen MR) is 71.5 cm³/mol. The van der Waals surface area contributed by atoms with Gasteiger partial charge >= 0.3 is 5.97 Å². The van der Waals surface area contributed by atoms with Crippen LogP contribution in [0, 0.1) is 0 Å². The second-order valence-electron chi connectivity index (χ2n) is 4.56. The van der Waals surface area contributed by atoms with Crippen LogP contribution in [0.1, 0.15) is 34.1 Å². The third kappa shape index (κ3) is 2.49. The maximum Gasteiger partial charge on any atom is 0.336 e. The highest BCUT2D eigenvalue weighted by Crippen LogP contribution is 2.17. The molecule has 2 N–H and O–H groups in total. The number of hydrogen-bond acceptors (Lipinski definition) is 3. The number of hydrogen-bond donors (Lipinski definition) is 2. The maximum absolute atomic E-state index is 12.5. The van der Waals surface area contributed by atoms with E-state index >= 15 is 0 Å². The van der Waals surface area contributed by atoms with E-state index in [1.165, 1.54) is 17.0 Å². The highest BCUT2D eigenvalue weighted by molar-refractivity contribution is 6.06. The number of nitrogens with zero attached hydrogens (tertiary/aromatic N) is 1. The van der Waals surface area contributed by atoms with Crippen LogP contribution in [0.5, 0.6) is 0 Å². The van der Waals surface area contributed by atoms with Gasteiger partial charge in [0.05, 0.1) is 11.1 Å². The van der Waals surface area contributed by atoms with Gasteiger partial charge in [-0.2, -0.15) is 0 Å². The zero-order valence-electron chi connectivity index (χ0n) is 11.1. The van der Waals surface area contributed by atoms with Crippen molar-refractivity contribution in [2.24, 2.45) is 0 Å². The maximum atomic E-state index is 12.5. The number of piperazine rings is 1. The molecule has 1 atom stereocenters. The number of carbonyl (C=O) groups is 3. The molecule has 6 heteroatoms. The topological polar surface area (TPSA) is 86.7 Å². The van der Waals surface area contributed by atoms with Gasteiger partial charge in [0.25, 0.3) is 5.91 Å². The van der Waals surface area contributed by atoms with E-state index < -0.39 is 17.9 Å². The number of carboxylic acid groups (broad SMARTS) is 1. The predicted octanol–water partition coefficient (Wildman–Crippen LogP) is 0.735. The SMILES string of the molecule is CCC1C(=O)NCCN1C(=O)c1ccccc1C(=O)O. The number of aromatic carboxylic acids is 1. The van der Waals surface area contributed by atoms with Gasteiger partial charge in [0.1, 0.15) is 6.04 Å². The van der Waals surface area contributed by atoms with E-state index in [1.54, 1.807) is 12.1 Å². The van der Waals surface area contributed by atoms with Gasteiger partial charge in [-0.3, -0.25) is 9.59 Å². The molecule has 1 aromatic carbocycles. The lowest BCUT2D eigenvalue weighted by Gasteiger charge is -2.34. The summed E-state index contributed by atoms with van der Waals surface area (Å²) in [5.41, 5.74) is 0.0754. The summed E-state index contributed by atoms with van der Waals surface area (Å²) in [6, 6.07) is 5.51. The Kier molecular flexibility index (Phi) is 4.02. The summed E-state index contributed by atoms with van der Waals surface area (Å²) in [6.45, 7) is 2.59. The van der Waals surface area contributed by atoms with Crippen LogP contribution in [0.2, 0.25) is 0 Å². The number of carbonyl (C=O) groups excluding carboxylic acids is 2. The Morgan fingerprint density at radius 1 is 1.35 bits per heavy atom. The monoisotopic (exact) mass is 276 g/mol. The number of amides is 2. The fourth-order valence-corrected chi connectivity index (χ4v) is 2.37. The van der Waals surface area contributed by atoms with E-state index in [0.29, 0.717) is 19.5 Å². The van der Waals surface area contributed by atoms with E-state index in [9.17, 15) is 14.4 Å². The number of benzene rings is 1. The molecule has 1 aromatic rings. The number of nitrogens with one attached hydrogen (secondary N) is 1. The van der Waals surface area contributed by atoms with E-state index in [0.717, 1.165) is 0 Å². The average Bonchev–Trinajstić information content (AvgIpc) is 2.46. The van der Waals surface area contributed by atoms with Gasteiger partial charge in [-0.15, -0.1) is 0 Å². The molecule has 1 aliphatic rings. The molecule has 1 unspecified atom stereocenters. The lowest BCUT2D eigenvalue weighted by atomic mass is 10.0. The molecule has 2 amide bonds. The summed E-state index contributed by atoms with van der Waals surface area (Å²) >= 11 is 0. The molecule has 2 rings (SSSR count). The Hall–Kier alpha value is -2.37. The lowest BCUT2D eigenvalue weighted by molar-refractivity contribution is -0.127. The Balaban J connectivity index is 2.35. The average molecular weight is 276 g/mol. The molecule has 1 aliphatic heterocycles. The van der Waals surface area contributed by atoms with Crippen LogP contribution in [-0.2, 0) is 4.79 Å². The summed E-state index contributed by atoms with van der Waals surface area (Å²) in [7, 11) is 0. The molecule has 0 aliphatic carbocycles. The third-order valence-corrected chi connectivity index (χ3v) is 3.37. The molecule has 0 spiro atoms. The molecule has 20 heavy (non-hydrogen) atoms. The Morgan fingerprint density at radius 2 is 2.00 bits per heavy atom. The molecular formula is C14H16N2O4. The summed E-state index contributed by atoms with van der Waals surface area (Å²) in [4.78, 5) is 36.9. The third-order valence-electron chi connectivity index (χ3n) is 3.37. The van der Waals surface area contributed by atoms with Gasteiger partial charge < -0.3 is 15.3 Å². The summed E-state index contributed by atoms with van der Waals surface area (Å²) in [5, 5.41) is 11.8. The molecule has 6 nitrogen and oxygen atoms in total. The lowest BCUT2D eigenvalue weighted by Crippen LogP contribution is -2.57. The number of carboxylic acids is 1. The summed E-state index contributed by atoms with van der Waals surface area (Å²) in [6.07, 6.45) is 0.493. The fourth-order valence-electron chi connectivity index (χ4n) is 2.37. The van der Waals surface area contributed by atoms with Crippen LogP contribution >= 0.6 is 0 Å². The second kappa shape index (κ2) is 5.73. The van der Waals surface area contributed by atoms with Gasteiger partial charge in [-0.25, -0.2) is 4.79 Å². The van der Waals surface area contributed by atoms with Gasteiger partial charge in [0.2, 0.25) is 5.91 Å². The van der Waals surface area contributed by atoms with Crippen molar-refractivity contribution in [2.45, 2.75) is 19.4 Å². The molecular weight excluding hydrogens is 260 g/mol. The van der Waals surface area contributed by atoms with Crippen molar-refractivity contribution < 1.29 is 19.5 Å². The van der Waals surface area contributed by atoms with Gasteiger partial charge in [-0.1, -0.05) is 19.1 Å². The van der Waals surface area contributed by atoms with Gasteiger partial charge in [0.15, 0.2) is 0 Å². The molecule has 1 fully saturated rings. The van der Waals surface area contributed by atoms with Crippen molar-refractivity contribution in [1.82, 2.24) is 10.2 Å². The first kappa shape index (κ1) is 14.0. The normalized spacial score (nSPS) is 18.6. The minimum Gasteiger partial charge on any atom is -0.478 e. The van der Waals surface area contributed by atoms with Gasteiger partial charge in [0, 0.05) is 13.1 Å². The molecule has 1 heterocycles. The first-order valence-corrected chi connectivity index (χ1v) is 6.47. The first-order valence-electron chi connectivity index (χ1n) is 6.47. The molecule has 0 bridgehead atoms. The summed E-state index contributed by atoms with van der Waals surface area (Å²) in [5.74, 6) is -1.76. The van der Waals surface area contributed by atoms with Crippen molar-refractivity contribution >= 4 is 17.8 Å². The quantitative estimate of drug-likeness (QED) is 0.852.